The average Bonchev–Trinajstić information content (AvgIpc) is 3.07. The molecule has 30 heavy (non-hydrogen) atoms. The Hall–Kier alpha value is -3.07. The monoisotopic (exact) mass is 415 g/mol. The van der Waals surface area contributed by atoms with Gasteiger partial charge in [0.25, 0.3) is 5.56 Å². The fourth-order valence-corrected chi connectivity index (χ4v) is 3.28. The average molecular weight is 415 g/mol. The number of ether oxygens (including phenoxy) is 1. The molecular weight excluding hydrogens is 386 g/mol. The van der Waals surface area contributed by atoms with Gasteiger partial charge < -0.3 is 19.7 Å². The van der Waals surface area contributed by atoms with Crippen molar-refractivity contribution in [1.82, 2.24) is 19.1 Å². The van der Waals surface area contributed by atoms with Gasteiger partial charge in [-0.2, -0.15) is 4.98 Å². The van der Waals surface area contributed by atoms with Gasteiger partial charge in [-0.15, -0.1) is 0 Å². The first-order chi connectivity index (χ1) is 14.4. The Kier molecular flexibility index (Phi) is 6.94. The van der Waals surface area contributed by atoms with Crippen molar-refractivity contribution in [1.29, 1.82) is 0 Å². The SMILES string of the molecule is CCCCCNc1nc2c(c(=O)[nH]c(=O)n2C)n1C[C@H](O)COc1cccc(C)c1. The van der Waals surface area contributed by atoms with Gasteiger partial charge in [0.15, 0.2) is 11.2 Å². The lowest BCUT2D eigenvalue weighted by Gasteiger charge is -2.16. The lowest BCUT2D eigenvalue weighted by Crippen LogP contribution is -2.31. The number of aliphatic hydroxyl groups is 1. The van der Waals surface area contributed by atoms with Gasteiger partial charge in [-0.1, -0.05) is 31.9 Å². The summed E-state index contributed by atoms with van der Waals surface area (Å²) in [7, 11) is 1.55. The molecule has 162 valence electrons. The summed E-state index contributed by atoms with van der Waals surface area (Å²) in [6.07, 6.45) is 2.23. The zero-order valence-corrected chi connectivity index (χ0v) is 17.6. The summed E-state index contributed by atoms with van der Waals surface area (Å²) in [6.45, 7) is 4.92. The van der Waals surface area contributed by atoms with E-state index in [1.165, 1.54) is 4.57 Å². The van der Waals surface area contributed by atoms with Crippen molar-refractivity contribution in [3.8, 4) is 5.75 Å². The number of unbranched alkanes of at least 4 members (excludes halogenated alkanes) is 2. The number of anilines is 1. The molecule has 0 fully saturated rings. The summed E-state index contributed by atoms with van der Waals surface area (Å²) < 4.78 is 8.60. The van der Waals surface area contributed by atoms with Crippen molar-refractivity contribution in [3.63, 3.8) is 0 Å². The summed E-state index contributed by atoms with van der Waals surface area (Å²) in [5.74, 6) is 1.12. The second-order valence-corrected chi connectivity index (χ2v) is 7.45. The van der Waals surface area contributed by atoms with E-state index >= 15 is 0 Å². The molecule has 0 saturated carbocycles. The number of aliphatic hydroxyl groups excluding tert-OH is 1. The fourth-order valence-electron chi connectivity index (χ4n) is 3.28. The molecule has 0 spiro atoms. The van der Waals surface area contributed by atoms with Crippen LogP contribution in [0.3, 0.4) is 0 Å². The second kappa shape index (κ2) is 9.62. The number of hydrogen-bond donors (Lipinski definition) is 3. The Morgan fingerprint density at radius 3 is 2.83 bits per heavy atom. The summed E-state index contributed by atoms with van der Waals surface area (Å²) in [5, 5.41) is 13.8. The topological polar surface area (TPSA) is 114 Å². The van der Waals surface area contributed by atoms with Crippen LogP contribution in [0.2, 0.25) is 0 Å². The molecule has 2 heterocycles. The van der Waals surface area contributed by atoms with Crippen LogP contribution in [0.1, 0.15) is 31.7 Å². The van der Waals surface area contributed by atoms with Crippen molar-refractivity contribution < 1.29 is 9.84 Å². The Balaban J connectivity index is 1.85. The molecule has 3 aromatic rings. The minimum absolute atomic E-state index is 0.0576. The number of aromatic amines is 1. The number of aromatic nitrogens is 4. The normalized spacial score (nSPS) is 12.3. The Labute approximate surface area is 174 Å². The molecule has 0 aliphatic heterocycles. The molecule has 0 aliphatic rings. The molecule has 9 nitrogen and oxygen atoms in total. The number of fused-ring (bicyclic) bond motifs is 1. The summed E-state index contributed by atoms with van der Waals surface area (Å²) in [4.78, 5) is 31.2. The highest BCUT2D eigenvalue weighted by atomic mass is 16.5. The minimum Gasteiger partial charge on any atom is -0.491 e. The van der Waals surface area contributed by atoms with Crippen molar-refractivity contribution in [3.05, 3.63) is 50.7 Å². The molecule has 0 aliphatic carbocycles. The molecule has 0 unspecified atom stereocenters. The molecule has 3 rings (SSSR count). The molecular formula is C21H29N5O4. The van der Waals surface area contributed by atoms with Crippen molar-refractivity contribution in [2.75, 3.05) is 18.5 Å². The van der Waals surface area contributed by atoms with Gasteiger partial charge in [0, 0.05) is 13.6 Å². The maximum absolute atomic E-state index is 12.5. The van der Waals surface area contributed by atoms with E-state index in [-0.39, 0.29) is 24.3 Å². The first kappa shape index (κ1) is 21.6. The summed E-state index contributed by atoms with van der Waals surface area (Å²) in [5.41, 5.74) is 0.513. The number of benzene rings is 1. The molecule has 9 heteroatoms. The predicted octanol–water partition coefficient (Wildman–Crippen LogP) is 1.77. The Bertz CT molecular complexity index is 1110. The highest BCUT2D eigenvalue weighted by molar-refractivity contribution is 5.74. The fraction of sp³-hybridized carbons (Fsp3) is 0.476. The molecule has 0 bridgehead atoms. The van der Waals surface area contributed by atoms with Crippen LogP contribution in [-0.4, -0.2) is 43.5 Å². The van der Waals surface area contributed by atoms with Crippen LogP contribution in [0.25, 0.3) is 11.2 Å². The molecule has 3 N–H and O–H groups in total. The van der Waals surface area contributed by atoms with E-state index in [1.807, 2.05) is 31.2 Å². The van der Waals surface area contributed by atoms with Crippen LogP contribution >= 0.6 is 0 Å². The predicted molar refractivity (Wildman–Crippen MR) is 116 cm³/mol. The van der Waals surface area contributed by atoms with Gasteiger partial charge in [-0.05, 0) is 31.0 Å². The highest BCUT2D eigenvalue weighted by Crippen LogP contribution is 2.17. The molecule has 1 atom stereocenters. The molecule has 0 radical (unpaired) electrons. The van der Waals surface area contributed by atoms with Crippen LogP contribution in [0.5, 0.6) is 5.75 Å². The van der Waals surface area contributed by atoms with Gasteiger partial charge in [0.05, 0.1) is 6.54 Å². The first-order valence-electron chi connectivity index (χ1n) is 10.2. The van der Waals surface area contributed by atoms with Crippen molar-refractivity contribution in [2.45, 2.75) is 45.8 Å². The summed E-state index contributed by atoms with van der Waals surface area (Å²) >= 11 is 0. The van der Waals surface area contributed by atoms with E-state index < -0.39 is 17.4 Å². The third-order valence-electron chi connectivity index (χ3n) is 4.90. The molecule has 0 saturated heterocycles. The smallest absolute Gasteiger partial charge is 0.329 e. The molecule has 1 aromatic carbocycles. The van der Waals surface area contributed by atoms with Crippen LogP contribution < -0.4 is 21.3 Å². The first-order valence-corrected chi connectivity index (χ1v) is 10.2. The zero-order valence-electron chi connectivity index (χ0n) is 17.6. The third-order valence-corrected chi connectivity index (χ3v) is 4.90. The van der Waals surface area contributed by atoms with E-state index in [9.17, 15) is 14.7 Å². The van der Waals surface area contributed by atoms with Crippen LogP contribution in [-0.2, 0) is 13.6 Å². The van der Waals surface area contributed by atoms with Gasteiger partial charge >= 0.3 is 5.69 Å². The van der Waals surface area contributed by atoms with Crippen LogP contribution in [0.4, 0.5) is 5.95 Å². The number of rotatable bonds is 10. The third kappa shape index (κ3) is 4.91. The van der Waals surface area contributed by atoms with E-state index in [2.05, 4.69) is 22.2 Å². The van der Waals surface area contributed by atoms with E-state index in [4.69, 9.17) is 4.74 Å². The van der Waals surface area contributed by atoms with Gasteiger partial charge in [-0.25, -0.2) is 4.79 Å². The Morgan fingerprint density at radius 1 is 1.30 bits per heavy atom. The molecule has 2 aromatic heterocycles. The number of H-pyrrole nitrogens is 1. The number of nitrogens with zero attached hydrogens (tertiary/aromatic N) is 3. The minimum atomic E-state index is -0.879. The highest BCUT2D eigenvalue weighted by Gasteiger charge is 2.19. The molecule has 0 amide bonds. The number of aryl methyl sites for hydroxylation is 2. The number of nitrogens with one attached hydrogen (secondary N) is 2. The zero-order chi connectivity index (χ0) is 21.7. The number of imidazole rings is 1. The van der Waals surface area contributed by atoms with Crippen molar-refractivity contribution >= 4 is 17.1 Å². The van der Waals surface area contributed by atoms with Gasteiger partial charge in [-0.3, -0.25) is 14.3 Å². The maximum Gasteiger partial charge on any atom is 0.329 e. The lowest BCUT2D eigenvalue weighted by molar-refractivity contribution is 0.0938. The number of hydrogen-bond acceptors (Lipinski definition) is 6. The second-order valence-electron chi connectivity index (χ2n) is 7.45. The maximum atomic E-state index is 12.5. The van der Waals surface area contributed by atoms with Crippen LogP contribution in [0.15, 0.2) is 33.9 Å². The largest absolute Gasteiger partial charge is 0.491 e. The van der Waals surface area contributed by atoms with E-state index in [1.54, 1.807) is 11.6 Å². The standard InChI is InChI=1S/C21H29N5O4/c1-4-5-6-10-22-20-23-18-17(19(28)24-21(29)25(18)3)26(20)12-15(27)13-30-16-9-7-8-14(2)11-16/h7-9,11,15,27H,4-6,10,12-13H2,1-3H3,(H,22,23)(H,24,28,29)/t15-/m0/s1. The lowest BCUT2D eigenvalue weighted by atomic mass is 10.2. The van der Waals surface area contributed by atoms with Crippen molar-refractivity contribution in [2.24, 2.45) is 7.05 Å². The van der Waals surface area contributed by atoms with Crippen LogP contribution in [0, 0.1) is 6.92 Å². The quantitative estimate of drug-likeness (QED) is 0.435. The Morgan fingerprint density at radius 2 is 2.10 bits per heavy atom. The van der Waals surface area contributed by atoms with E-state index in [0.29, 0.717) is 18.2 Å². The van der Waals surface area contributed by atoms with Gasteiger partial charge in [0.1, 0.15) is 18.5 Å². The summed E-state index contributed by atoms with van der Waals surface area (Å²) in [6, 6.07) is 7.57. The van der Waals surface area contributed by atoms with E-state index in [0.717, 1.165) is 24.8 Å². The van der Waals surface area contributed by atoms with Gasteiger partial charge in [0.2, 0.25) is 5.95 Å².